The van der Waals surface area contributed by atoms with E-state index in [2.05, 4.69) is 4.98 Å². The van der Waals surface area contributed by atoms with Crippen LogP contribution >= 0.6 is 11.3 Å². The molecule has 2 amide bonds. The Morgan fingerprint density at radius 1 is 1.16 bits per heavy atom. The Balaban J connectivity index is 1.41. The van der Waals surface area contributed by atoms with Crippen LogP contribution in [-0.4, -0.2) is 93.0 Å². The number of ether oxygens (including phenoxy) is 1. The average molecular weight is 547 g/mol. The average Bonchev–Trinajstić information content (AvgIpc) is 3.53. The Hall–Kier alpha value is -2.89. The molecular formula is C27H35FN4O5S. The molecule has 9 nitrogen and oxygen atoms in total. The summed E-state index contributed by atoms with van der Waals surface area (Å²) < 4.78 is 18.7. The van der Waals surface area contributed by atoms with E-state index in [1.54, 1.807) is 15.2 Å². The fourth-order valence-corrected chi connectivity index (χ4v) is 5.88. The maximum atomic E-state index is 13.4. The number of rotatable bonds is 6. The molecule has 0 aliphatic carbocycles. The molecule has 2 fully saturated rings. The molecule has 2 aliphatic heterocycles. The standard InChI is InChI=1S/C27H35FN4O5S/c1-17-12-30(20(15-33)13-32(17)26(36)37-27(2,3)4)14-23(34)31-11-5-6-22(31)25-29-21(16-38-25)24(35)18-7-9-19(28)10-8-18/h7-10,16-17,20,22,33H,5-6,11-15H2,1-4H3/t17-,20-,22+/m1/s1. The molecule has 0 unspecified atom stereocenters. The highest BCUT2D eigenvalue weighted by atomic mass is 32.1. The Bertz CT molecular complexity index is 1160. The number of benzene rings is 1. The summed E-state index contributed by atoms with van der Waals surface area (Å²) in [6.45, 7) is 8.54. The van der Waals surface area contributed by atoms with Gasteiger partial charge in [-0.2, -0.15) is 0 Å². The molecular weight excluding hydrogens is 511 g/mol. The highest BCUT2D eigenvalue weighted by Gasteiger charge is 2.39. The van der Waals surface area contributed by atoms with Crippen LogP contribution in [0, 0.1) is 5.82 Å². The number of carbonyl (C=O) groups excluding carboxylic acids is 3. The van der Waals surface area contributed by atoms with E-state index >= 15 is 0 Å². The fourth-order valence-electron chi connectivity index (χ4n) is 4.93. The summed E-state index contributed by atoms with van der Waals surface area (Å²) in [6.07, 6.45) is 1.14. The van der Waals surface area contributed by atoms with Gasteiger partial charge in [0.25, 0.3) is 0 Å². The van der Waals surface area contributed by atoms with Gasteiger partial charge in [-0.25, -0.2) is 14.2 Å². The lowest BCUT2D eigenvalue weighted by atomic mass is 10.1. The van der Waals surface area contributed by atoms with Crippen molar-refractivity contribution in [3.63, 3.8) is 0 Å². The highest BCUT2D eigenvalue weighted by molar-refractivity contribution is 7.10. The molecule has 1 N–H and O–H groups in total. The molecule has 0 saturated carbocycles. The van der Waals surface area contributed by atoms with Gasteiger partial charge < -0.3 is 19.6 Å². The van der Waals surface area contributed by atoms with Crippen LogP contribution in [0.25, 0.3) is 0 Å². The maximum Gasteiger partial charge on any atom is 0.410 e. The summed E-state index contributed by atoms with van der Waals surface area (Å²) in [7, 11) is 0. The van der Waals surface area contributed by atoms with E-state index in [1.807, 2.05) is 32.6 Å². The Morgan fingerprint density at radius 3 is 2.53 bits per heavy atom. The number of aromatic nitrogens is 1. The molecule has 0 spiro atoms. The van der Waals surface area contributed by atoms with Crippen LogP contribution in [-0.2, 0) is 9.53 Å². The van der Waals surface area contributed by atoms with Crippen molar-refractivity contribution in [3.05, 3.63) is 51.7 Å². The van der Waals surface area contributed by atoms with Gasteiger partial charge in [0.1, 0.15) is 22.1 Å². The molecule has 1 aromatic carbocycles. The predicted octanol–water partition coefficient (Wildman–Crippen LogP) is 3.48. The number of aliphatic hydroxyl groups is 1. The second-order valence-electron chi connectivity index (χ2n) is 10.9. The van der Waals surface area contributed by atoms with Gasteiger partial charge in [0.05, 0.1) is 25.2 Å². The van der Waals surface area contributed by atoms with Gasteiger partial charge >= 0.3 is 6.09 Å². The van der Waals surface area contributed by atoms with Gasteiger partial charge in [0, 0.05) is 36.6 Å². The summed E-state index contributed by atoms with van der Waals surface area (Å²) in [4.78, 5) is 48.8. The first-order valence-corrected chi connectivity index (χ1v) is 13.7. The number of hydrogen-bond acceptors (Lipinski definition) is 8. The van der Waals surface area contributed by atoms with Crippen molar-refractivity contribution >= 4 is 29.1 Å². The largest absolute Gasteiger partial charge is 0.444 e. The number of nitrogens with zero attached hydrogens (tertiary/aromatic N) is 4. The van der Waals surface area contributed by atoms with E-state index < -0.39 is 17.5 Å². The lowest BCUT2D eigenvalue weighted by Crippen LogP contribution is -2.62. The zero-order chi connectivity index (χ0) is 27.6. The summed E-state index contributed by atoms with van der Waals surface area (Å²) in [5.41, 5.74) is 0.0172. The lowest BCUT2D eigenvalue weighted by Gasteiger charge is -2.44. The molecule has 2 aliphatic rings. The molecule has 3 heterocycles. The van der Waals surface area contributed by atoms with Crippen molar-refractivity contribution in [2.75, 3.05) is 32.8 Å². The number of piperazine rings is 1. The third-order valence-electron chi connectivity index (χ3n) is 6.85. The van der Waals surface area contributed by atoms with E-state index in [-0.39, 0.29) is 55.2 Å². The first-order valence-electron chi connectivity index (χ1n) is 12.9. The van der Waals surface area contributed by atoms with Crippen LogP contribution in [0.1, 0.15) is 67.6 Å². The topological polar surface area (TPSA) is 103 Å². The smallest absolute Gasteiger partial charge is 0.410 e. The number of aliphatic hydroxyl groups excluding tert-OH is 1. The minimum Gasteiger partial charge on any atom is -0.444 e. The van der Waals surface area contributed by atoms with Crippen LogP contribution in [0.3, 0.4) is 0 Å². The van der Waals surface area contributed by atoms with Crippen LogP contribution < -0.4 is 0 Å². The van der Waals surface area contributed by atoms with Crippen molar-refractivity contribution < 1.29 is 28.6 Å². The Kier molecular flexibility index (Phi) is 8.49. The van der Waals surface area contributed by atoms with Crippen LogP contribution in [0.15, 0.2) is 29.6 Å². The van der Waals surface area contributed by atoms with Crippen LogP contribution in [0.5, 0.6) is 0 Å². The molecule has 1 aromatic heterocycles. The maximum absolute atomic E-state index is 13.4. The summed E-state index contributed by atoms with van der Waals surface area (Å²) >= 11 is 1.34. The van der Waals surface area contributed by atoms with Gasteiger partial charge in [-0.1, -0.05) is 0 Å². The van der Waals surface area contributed by atoms with E-state index in [1.165, 1.54) is 35.6 Å². The first-order chi connectivity index (χ1) is 18.0. The van der Waals surface area contributed by atoms with E-state index in [4.69, 9.17) is 4.74 Å². The van der Waals surface area contributed by atoms with Gasteiger partial charge in [-0.3, -0.25) is 14.5 Å². The molecule has 38 heavy (non-hydrogen) atoms. The summed E-state index contributed by atoms with van der Waals surface area (Å²) in [6, 6.07) is 4.55. The Morgan fingerprint density at radius 2 is 1.87 bits per heavy atom. The Labute approximate surface area is 226 Å². The minimum atomic E-state index is -0.622. The fraction of sp³-hybridized carbons (Fsp3) is 0.556. The highest BCUT2D eigenvalue weighted by Crippen LogP contribution is 2.34. The van der Waals surface area contributed by atoms with E-state index in [0.717, 1.165) is 12.8 Å². The van der Waals surface area contributed by atoms with Gasteiger partial charge in [-0.05, 0) is 64.8 Å². The summed E-state index contributed by atoms with van der Waals surface area (Å²) in [5, 5.41) is 12.4. The lowest BCUT2D eigenvalue weighted by molar-refractivity contribution is -0.135. The second-order valence-corrected chi connectivity index (χ2v) is 11.8. The number of likely N-dealkylation sites (tertiary alicyclic amines) is 1. The SMILES string of the molecule is C[C@@H]1CN(CC(=O)N2CCC[C@H]2c2nc(C(=O)c3ccc(F)cc3)cs2)[C@@H](CO)CN1C(=O)OC(C)(C)C. The molecule has 11 heteroatoms. The molecule has 206 valence electrons. The minimum absolute atomic E-state index is 0.0783. The number of halogens is 1. The van der Waals surface area contributed by atoms with Crippen LogP contribution in [0.4, 0.5) is 9.18 Å². The first kappa shape index (κ1) is 28.1. The zero-order valence-electron chi connectivity index (χ0n) is 22.2. The molecule has 0 radical (unpaired) electrons. The van der Waals surface area contributed by atoms with Gasteiger partial charge in [0.15, 0.2) is 0 Å². The quantitative estimate of drug-likeness (QED) is 0.554. The zero-order valence-corrected chi connectivity index (χ0v) is 23.0. The van der Waals surface area contributed by atoms with Crippen LogP contribution in [0.2, 0.25) is 0 Å². The molecule has 2 aromatic rings. The number of amides is 2. The van der Waals surface area contributed by atoms with Crippen molar-refractivity contribution in [2.24, 2.45) is 0 Å². The third-order valence-corrected chi connectivity index (χ3v) is 7.80. The number of hydrogen-bond donors (Lipinski definition) is 1. The predicted molar refractivity (Wildman–Crippen MR) is 140 cm³/mol. The summed E-state index contributed by atoms with van der Waals surface area (Å²) in [5.74, 6) is -0.777. The number of ketones is 1. The molecule has 0 bridgehead atoms. The number of thiazole rings is 1. The third kappa shape index (κ3) is 6.39. The van der Waals surface area contributed by atoms with E-state index in [9.17, 15) is 23.9 Å². The monoisotopic (exact) mass is 546 g/mol. The molecule has 4 rings (SSSR count). The molecule has 2 saturated heterocycles. The van der Waals surface area contributed by atoms with Crippen molar-refractivity contribution in [1.29, 1.82) is 0 Å². The van der Waals surface area contributed by atoms with Crippen molar-refractivity contribution in [1.82, 2.24) is 19.7 Å². The van der Waals surface area contributed by atoms with Gasteiger partial charge in [-0.15, -0.1) is 11.3 Å². The molecule has 3 atom stereocenters. The van der Waals surface area contributed by atoms with Crippen molar-refractivity contribution in [2.45, 2.75) is 64.3 Å². The normalized spacial score (nSPS) is 22.5. The second kappa shape index (κ2) is 11.5. The van der Waals surface area contributed by atoms with Crippen molar-refractivity contribution in [3.8, 4) is 0 Å². The van der Waals surface area contributed by atoms with E-state index in [0.29, 0.717) is 23.7 Å². The number of carbonyl (C=O) groups is 3. The van der Waals surface area contributed by atoms with Gasteiger partial charge in [0.2, 0.25) is 11.7 Å².